The van der Waals surface area contributed by atoms with Gasteiger partial charge < -0.3 is 15.2 Å². The van der Waals surface area contributed by atoms with Crippen LogP contribution in [0, 0.1) is 0 Å². The van der Waals surface area contributed by atoms with Gasteiger partial charge in [-0.3, -0.25) is 4.79 Å². The number of carboxylic acid groups (broad SMARTS) is 1. The number of amides is 1. The number of para-hydroxylation sites is 1. The van der Waals surface area contributed by atoms with Crippen LogP contribution in [0.2, 0.25) is 5.02 Å². The van der Waals surface area contributed by atoms with Crippen molar-refractivity contribution in [2.24, 2.45) is 0 Å². The quantitative estimate of drug-likeness (QED) is 0.753. The number of benzene rings is 2. The van der Waals surface area contributed by atoms with Gasteiger partial charge in [-0.05, 0) is 30.2 Å². The fraction of sp³-hybridized carbons (Fsp3) is 0.263. The normalized spacial score (nSPS) is 11.6. The van der Waals surface area contributed by atoms with Crippen molar-refractivity contribution >= 4 is 23.5 Å². The lowest BCUT2D eigenvalue weighted by atomic mass is 10.0. The Balaban J connectivity index is 1.92. The Kier molecular flexibility index (Phi) is 6.83. The Morgan fingerprint density at radius 1 is 1.16 bits per heavy atom. The number of aromatic carboxylic acids is 1. The van der Waals surface area contributed by atoms with Crippen LogP contribution in [0.25, 0.3) is 0 Å². The smallest absolute Gasteiger partial charge is 0.335 e. The summed E-state index contributed by atoms with van der Waals surface area (Å²) in [5.41, 5.74) is 0.615. The second kappa shape index (κ2) is 9.08. The predicted octanol–water partition coefficient (Wildman–Crippen LogP) is 3.55. The van der Waals surface area contributed by atoms with Gasteiger partial charge in [0.25, 0.3) is 0 Å². The monoisotopic (exact) mass is 361 g/mol. The molecule has 6 heteroatoms. The number of nitrogens with one attached hydrogen (secondary N) is 1. The lowest BCUT2D eigenvalue weighted by Gasteiger charge is -2.19. The van der Waals surface area contributed by atoms with E-state index in [4.69, 9.17) is 21.4 Å². The summed E-state index contributed by atoms with van der Waals surface area (Å²) in [7, 11) is 0. The third-order valence-electron chi connectivity index (χ3n) is 3.71. The number of ether oxygens (including phenoxy) is 1. The van der Waals surface area contributed by atoms with Crippen LogP contribution >= 0.6 is 11.6 Å². The molecule has 2 aromatic rings. The van der Waals surface area contributed by atoms with Crippen LogP contribution in [0.15, 0.2) is 48.5 Å². The third-order valence-corrected chi connectivity index (χ3v) is 4.02. The molecule has 132 valence electrons. The molecule has 0 fully saturated rings. The van der Waals surface area contributed by atoms with Gasteiger partial charge in [0, 0.05) is 0 Å². The maximum atomic E-state index is 12.1. The second-order valence-corrected chi connectivity index (χ2v) is 5.93. The summed E-state index contributed by atoms with van der Waals surface area (Å²) < 4.78 is 5.82. The van der Waals surface area contributed by atoms with Crippen molar-refractivity contribution in [1.29, 1.82) is 0 Å². The number of rotatable bonds is 8. The van der Waals surface area contributed by atoms with Gasteiger partial charge in [0.2, 0.25) is 5.91 Å². The Hall–Kier alpha value is -2.53. The molecule has 0 spiro atoms. The fourth-order valence-electron chi connectivity index (χ4n) is 2.34. The van der Waals surface area contributed by atoms with Gasteiger partial charge in [0.15, 0.2) is 0 Å². The van der Waals surface area contributed by atoms with Crippen LogP contribution in [-0.2, 0) is 11.2 Å². The molecule has 25 heavy (non-hydrogen) atoms. The first-order valence-electron chi connectivity index (χ1n) is 8.00. The molecule has 1 unspecified atom stereocenters. The van der Waals surface area contributed by atoms with E-state index in [1.807, 2.05) is 19.1 Å². The molecule has 2 aromatic carbocycles. The standard InChI is InChI=1S/C19H20ClNO4/c1-2-14(25-17-10-6-5-9-16(17)20)12-21-18(22)11-13-7-3-4-8-15(13)19(23)24/h3-10,14H,2,11-12H2,1H3,(H,21,22)(H,23,24). The molecule has 5 nitrogen and oxygen atoms in total. The zero-order valence-electron chi connectivity index (χ0n) is 13.9. The molecule has 0 aromatic heterocycles. The van der Waals surface area contributed by atoms with E-state index in [1.54, 1.807) is 30.3 Å². The molecule has 0 aliphatic carbocycles. The highest BCUT2D eigenvalue weighted by molar-refractivity contribution is 6.32. The molecular weight excluding hydrogens is 342 g/mol. The first kappa shape index (κ1) is 18.8. The van der Waals surface area contributed by atoms with Gasteiger partial charge in [0.1, 0.15) is 11.9 Å². The van der Waals surface area contributed by atoms with Crippen molar-refractivity contribution in [3.05, 3.63) is 64.7 Å². The van der Waals surface area contributed by atoms with Crippen molar-refractivity contribution < 1.29 is 19.4 Å². The summed E-state index contributed by atoms with van der Waals surface area (Å²) in [6.45, 7) is 2.27. The number of hydrogen-bond donors (Lipinski definition) is 2. The topological polar surface area (TPSA) is 75.6 Å². The molecule has 2 N–H and O–H groups in total. The third kappa shape index (κ3) is 5.50. The van der Waals surface area contributed by atoms with Crippen LogP contribution in [0.1, 0.15) is 29.3 Å². The van der Waals surface area contributed by atoms with E-state index in [9.17, 15) is 9.59 Å². The minimum atomic E-state index is -1.04. The zero-order chi connectivity index (χ0) is 18.2. The molecule has 1 amide bonds. The highest BCUT2D eigenvalue weighted by atomic mass is 35.5. The summed E-state index contributed by atoms with van der Waals surface area (Å²) in [6, 6.07) is 13.6. The van der Waals surface area contributed by atoms with Crippen molar-refractivity contribution in [2.75, 3.05) is 6.54 Å². The molecule has 0 bridgehead atoms. The number of carbonyl (C=O) groups is 2. The van der Waals surface area contributed by atoms with Crippen molar-refractivity contribution in [3.63, 3.8) is 0 Å². The largest absolute Gasteiger partial charge is 0.487 e. The average Bonchev–Trinajstić information content (AvgIpc) is 2.60. The van der Waals surface area contributed by atoms with E-state index in [2.05, 4.69) is 5.32 Å². The molecule has 1 atom stereocenters. The molecule has 0 heterocycles. The molecule has 0 aliphatic rings. The second-order valence-electron chi connectivity index (χ2n) is 5.52. The van der Waals surface area contributed by atoms with Crippen LogP contribution in [-0.4, -0.2) is 29.6 Å². The van der Waals surface area contributed by atoms with Crippen LogP contribution in [0.5, 0.6) is 5.75 Å². The Bertz CT molecular complexity index is 748. The van der Waals surface area contributed by atoms with E-state index in [1.165, 1.54) is 6.07 Å². The predicted molar refractivity (Wildman–Crippen MR) is 96.3 cm³/mol. The lowest BCUT2D eigenvalue weighted by Crippen LogP contribution is -2.36. The fourth-order valence-corrected chi connectivity index (χ4v) is 2.52. The molecular formula is C19H20ClNO4. The number of carboxylic acids is 1. The molecule has 2 rings (SSSR count). The van der Waals surface area contributed by atoms with Crippen molar-refractivity contribution in [3.8, 4) is 5.75 Å². The molecule has 0 aliphatic heterocycles. The highest BCUT2D eigenvalue weighted by Gasteiger charge is 2.15. The molecule has 0 radical (unpaired) electrons. The summed E-state index contributed by atoms with van der Waals surface area (Å²) in [5, 5.41) is 12.5. The van der Waals surface area contributed by atoms with E-state index >= 15 is 0 Å². The van der Waals surface area contributed by atoms with E-state index in [-0.39, 0.29) is 24.0 Å². The number of halogens is 1. The SMILES string of the molecule is CCC(CNC(=O)Cc1ccccc1C(=O)O)Oc1ccccc1Cl. The Labute approximate surface area is 151 Å². The minimum absolute atomic E-state index is 0.00496. The summed E-state index contributed by atoms with van der Waals surface area (Å²) in [6.07, 6.45) is 0.473. The van der Waals surface area contributed by atoms with Gasteiger partial charge in [0.05, 0.1) is 23.6 Å². The van der Waals surface area contributed by atoms with Gasteiger partial charge in [-0.15, -0.1) is 0 Å². The number of carbonyl (C=O) groups excluding carboxylic acids is 1. The van der Waals surface area contributed by atoms with E-state index in [0.29, 0.717) is 29.3 Å². The van der Waals surface area contributed by atoms with Gasteiger partial charge in [-0.25, -0.2) is 4.79 Å². The average molecular weight is 362 g/mol. The first-order chi connectivity index (χ1) is 12.0. The van der Waals surface area contributed by atoms with Crippen LogP contribution in [0.3, 0.4) is 0 Å². The van der Waals surface area contributed by atoms with Crippen LogP contribution < -0.4 is 10.1 Å². The minimum Gasteiger partial charge on any atom is -0.487 e. The summed E-state index contributed by atoms with van der Waals surface area (Å²) >= 11 is 6.07. The number of hydrogen-bond acceptors (Lipinski definition) is 3. The zero-order valence-corrected chi connectivity index (χ0v) is 14.6. The van der Waals surface area contributed by atoms with Crippen LogP contribution in [0.4, 0.5) is 0 Å². The highest BCUT2D eigenvalue weighted by Crippen LogP contribution is 2.24. The van der Waals surface area contributed by atoms with Gasteiger partial charge in [-0.2, -0.15) is 0 Å². The van der Waals surface area contributed by atoms with Crippen molar-refractivity contribution in [2.45, 2.75) is 25.9 Å². The Morgan fingerprint density at radius 3 is 2.52 bits per heavy atom. The van der Waals surface area contributed by atoms with Gasteiger partial charge in [-0.1, -0.05) is 48.9 Å². The maximum Gasteiger partial charge on any atom is 0.335 e. The van der Waals surface area contributed by atoms with E-state index in [0.717, 1.165) is 0 Å². The molecule has 0 saturated carbocycles. The maximum absolute atomic E-state index is 12.1. The lowest BCUT2D eigenvalue weighted by molar-refractivity contribution is -0.120. The van der Waals surface area contributed by atoms with E-state index < -0.39 is 5.97 Å². The summed E-state index contributed by atoms with van der Waals surface area (Å²) in [4.78, 5) is 23.3. The Morgan fingerprint density at radius 2 is 1.84 bits per heavy atom. The first-order valence-corrected chi connectivity index (χ1v) is 8.38. The van der Waals surface area contributed by atoms with Gasteiger partial charge >= 0.3 is 5.97 Å². The molecule has 0 saturated heterocycles. The van der Waals surface area contributed by atoms with Crippen molar-refractivity contribution in [1.82, 2.24) is 5.32 Å². The summed E-state index contributed by atoms with van der Waals surface area (Å²) in [5.74, 6) is -0.728.